The first kappa shape index (κ1) is 23.1. The van der Waals surface area contributed by atoms with Gasteiger partial charge in [-0.3, -0.25) is 4.79 Å². The monoisotopic (exact) mass is 413 g/mol. The number of hydrogen-bond acceptors (Lipinski definition) is 6. The van der Waals surface area contributed by atoms with Gasteiger partial charge in [0, 0.05) is 19.4 Å². The van der Waals surface area contributed by atoms with Gasteiger partial charge in [-0.15, -0.1) is 0 Å². The van der Waals surface area contributed by atoms with Crippen molar-refractivity contribution in [1.29, 1.82) is 0 Å². The minimum absolute atomic E-state index is 0.311. The van der Waals surface area contributed by atoms with Crippen LogP contribution in [0.4, 0.5) is 0 Å². The number of hydrogen-bond donors (Lipinski definition) is 1. The molecular weight excluding hydrogens is 386 g/mol. The van der Waals surface area contributed by atoms with Crippen LogP contribution >= 0.6 is 0 Å². The van der Waals surface area contributed by atoms with Gasteiger partial charge in [0.15, 0.2) is 6.10 Å². The van der Waals surface area contributed by atoms with Crippen molar-refractivity contribution in [3.63, 3.8) is 0 Å². The number of allylic oxidation sites excluding steroid dienone is 4. The summed E-state index contributed by atoms with van der Waals surface area (Å²) >= 11 is 0. The fourth-order valence-corrected chi connectivity index (χ4v) is 2.64. The van der Waals surface area contributed by atoms with E-state index in [1.807, 2.05) is 37.3 Å². The maximum atomic E-state index is 12.8. The first-order valence-electron chi connectivity index (χ1n) is 9.59. The van der Waals surface area contributed by atoms with Crippen LogP contribution < -0.4 is 5.32 Å². The van der Waals surface area contributed by atoms with Gasteiger partial charge in [-0.05, 0) is 18.6 Å². The van der Waals surface area contributed by atoms with Crippen molar-refractivity contribution >= 4 is 17.8 Å². The van der Waals surface area contributed by atoms with Crippen molar-refractivity contribution in [3.8, 4) is 0 Å². The predicted octanol–water partition coefficient (Wildman–Crippen LogP) is 2.28. The molecule has 0 aliphatic carbocycles. The molecule has 1 aromatic carbocycles. The zero-order valence-corrected chi connectivity index (χ0v) is 17.4. The van der Waals surface area contributed by atoms with E-state index in [9.17, 15) is 14.4 Å². The maximum Gasteiger partial charge on any atom is 0.330 e. The number of ether oxygens (including phenoxy) is 3. The Bertz CT molecular complexity index is 823. The van der Waals surface area contributed by atoms with Crippen LogP contribution in [0.3, 0.4) is 0 Å². The zero-order chi connectivity index (χ0) is 22.0. The van der Waals surface area contributed by atoms with Crippen molar-refractivity contribution in [2.45, 2.75) is 38.0 Å². The molecule has 1 heterocycles. The number of nitrogens with one attached hydrogen (secondary N) is 1. The molecule has 7 nitrogen and oxygen atoms in total. The van der Waals surface area contributed by atoms with E-state index >= 15 is 0 Å². The normalized spacial score (nSPS) is 20.2. The van der Waals surface area contributed by atoms with Gasteiger partial charge in [0.2, 0.25) is 5.91 Å². The van der Waals surface area contributed by atoms with Crippen LogP contribution in [0.1, 0.15) is 19.4 Å². The highest BCUT2D eigenvalue weighted by atomic mass is 16.6. The number of epoxide rings is 1. The minimum atomic E-state index is -0.804. The van der Waals surface area contributed by atoms with Gasteiger partial charge in [-0.2, -0.15) is 0 Å². The molecule has 1 aromatic rings. The Morgan fingerprint density at radius 3 is 2.43 bits per heavy atom. The molecule has 0 saturated carbocycles. The van der Waals surface area contributed by atoms with Crippen LogP contribution in [0.2, 0.25) is 0 Å². The zero-order valence-electron chi connectivity index (χ0n) is 17.4. The molecule has 1 saturated heterocycles. The van der Waals surface area contributed by atoms with Crippen LogP contribution in [0.25, 0.3) is 0 Å². The second-order valence-corrected chi connectivity index (χ2v) is 7.05. The summed E-state index contributed by atoms with van der Waals surface area (Å²) in [5, 5.41) is 2.66. The fourth-order valence-electron chi connectivity index (χ4n) is 2.64. The van der Waals surface area contributed by atoms with E-state index < -0.39 is 29.7 Å². The van der Waals surface area contributed by atoms with Gasteiger partial charge >= 0.3 is 11.9 Å². The summed E-state index contributed by atoms with van der Waals surface area (Å²) < 4.78 is 15.6. The highest BCUT2D eigenvalue weighted by Crippen LogP contribution is 2.33. The van der Waals surface area contributed by atoms with Gasteiger partial charge < -0.3 is 19.5 Å². The first-order chi connectivity index (χ1) is 14.3. The third-order valence-electron chi connectivity index (χ3n) is 4.44. The van der Waals surface area contributed by atoms with E-state index in [1.165, 1.54) is 20.1 Å². The van der Waals surface area contributed by atoms with Gasteiger partial charge in [-0.25, -0.2) is 9.59 Å². The van der Waals surface area contributed by atoms with Crippen molar-refractivity contribution in [1.82, 2.24) is 5.32 Å². The van der Waals surface area contributed by atoms with E-state index in [0.717, 1.165) is 5.56 Å². The number of esters is 2. The van der Waals surface area contributed by atoms with E-state index in [2.05, 4.69) is 10.1 Å². The summed E-state index contributed by atoms with van der Waals surface area (Å²) in [5.74, 6) is -1.29. The Hall–Kier alpha value is -3.19. The first-order valence-corrected chi connectivity index (χ1v) is 9.59. The topological polar surface area (TPSA) is 94.2 Å². The molecule has 30 heavy (non-hydrogen) atoms. The average molecular weight is 413 g/mol. The highest BCUT2D eigenvalue weighted by molar-refractivity contribution is 5.83. The van der Waals surface area contributed by atoms with Gasteiger partial charge in [0.25, 0.3) is 0 Å². The van der Waals surface area contributed by atoms with Gasteiger partial charge in [0.1, 0.15) is 11.6 Å². The van der Waals surface area contributed by atoms with Crippen molar-refractivity contribution in [2.24, 2.45) is 0 Å². The van der Waals surface area contributed by atoms with E-state index in [-0.39, 0.29) is 5.91 Å². The molecule has 1 N–H and O–H groups in total. The largest absolute Gasteiger partial charge is 0.466 e. The molecule has 0 unspecified atom stereocenters. The third kappa shape index (κ3) is 7.67. The minimum Gasteiger partial charge on any atom is -0.466 e. The van der Waals surface area contributed by atoms with E-state index in [4.69, 9.17) is 9.47 Å². The second kappa shape index (κ2) is 11.1. The lowest BCUT2D eigenvalue weighted by Gasteiger charge is -2.22. The molecular formula is C23H27NO6. The lowest BCUT2D eigenvalue weighted by atomic mass is 10.0. The van der Waals surface area contributed by atoms with Crippen LogP contribution in [0.5, 0.6) is 0 Å². The van der Waals surface area contributed by atoms with Crippen LogP contribution in [-0.4, -0.2) is 49.3 Å². The summed E-state index contributed by atoms with van der Waals surface area (Å²) in [5.41, 5.74) is 0.310. The quantitative estimate of drug-likeness (QED) is 0.274. The molecule has 1 aliphatic rings. The molecule has 1 aliphatic heterocycles. The highest BCUT2D eigenvalue weighted by Gasteiger charge is 2.48. The predicted molar refractivity (Wildman–Crippen MR) is 111 cm³/mol. The molecule has 0 spiro atoms. The van der Waals surface area contributed by atoms with Gasteiger partial charge in [-0.1, -0.05) is 54.6 Å². The van der Waals surface area contributed by atoms with Crippen molar-refractivity contribution in [2.75, 3.05) is 13.7 Å². The summed E-state index contributed by atoms with van der Waals surface area (Å²) in [6.07, 6.45) is 9.29. The Morgan fingerprint density at radius 1 is 1.17 bits per heavy atom. The smallest absolute Gasteiger partial charge is 0.330 e. The standard InChI is InChI=1S/C23H27NO6/c1-17(25)24-19(15-18-11-7-6-8-12-18)22(27)30-20(23(2)16-29-23)13-9-4-5-10-14-21(26)28-3/h4-14,19-20H,15-16H2,1-3H3,(H,24,25)/b5-4+,13-9+,14-10+/t19-,20+,23+/m0/s1. The van der Waals surface area contributed by atoms with Gasteiger partial charge in [0.05, 0.1) is 13.7 Å². The molecule has 0 aromatic heterocycles. The third-order valence-corrected chi connectivity index (χ3v) is 4.44. The Kier molecular flexibility index (Phi) is 8.55. The number of carbonyl (C=O) groups excluding carboxylic acids is 3. The Balaban J connectivity index is 2.04. The lowest BCUT2D eigenvalue weighted by Crippen LogP contribution is -2.45. The molecule has 3 atom stereocenters. The van der Waals surface area contributed by atoms with Crippen molar-refractivity contribution in [3.05, 3.63) is 72.4 Å². The van der Waals surface area contributed by atoms with Crippen molar-refractivity contribution < 1.29 is 28.6 Å². The molecule has 7 heteroatoms. The molecule has 2 rings (SSSR count). The number of rotatable bonds is 10. The number of methoxy groups -OCH3 is 1. The van der Waals surface area contributed by atoms with Crippen LogP contribution in [0.15, 0.2) is 66.8 Å². The molecule has 160 valence electrons. The summed E-state index contributed by atoms with van der Waals surface area (Å²) in [6, 6.07) is 8.60. The molecule has 0 bridgehead atoms. The molecule has 1 amide bonds. The Morgan fingerprint density at radius 2 is 1.83 bits per heavy atom. The molecule has 1 fully saturated rings. The fraction of sp³-hybridized carbons (Fsp3) is 0.348. The molecule has 0 radical (unpaired) electrons. The summed E-state index contributed by atoms with van der Waals surface area (Å²) in [7, 11) is 1.30. The van der Waals surface area contributed by atoms with Crippen LogP contribution in [-0.2, 0) is 35.0 Å². The Labute approximate surface area is 176 Å². The number of amides is 1. The average Bonchev–Trinajstić information content (AvgIpc) is 3.47. The van der Waals surface area contributed by atoms with E-state index in [1.54, 1.807) is 30.4 Å². The summed E-state index contributed by atoms with van der Waals surface area (Å²) in [4.78, 5) is 35.4. The maximum absolute atomic E-state index is 12.8. The summed E-state index contributed by atoms with van der Waals surface area (Å²) in [6.45, 7) is 3.67. The number of carbonyl (C=O) groups is 3. The van der Waals surface area contributed by atoms with Crippen LogP contribution in [0, 0.1) is 0 Å². The van der Waals surface area contributed by atoms with E-state index in [0.29, 0.717) is 13.0 Å². The SMILES string of the molecule is COC(=O)/C=C/C=C/C=C/[C@@H](OC(=O)[C@H](Cc1ccccc1)NC(C)=O)[C@@]1(C)CO1. The second-order valence-electron chi connectivity index (χ2n) is 7.05. The lowest BCUT2D eigenvalue weighted by molar-refractivity contribution is -0.153. The number of benzene rings is 1.